The highest BCUT2D eigenvalue weighted by Gasteiger charge is 2.50. The molecule has 2 atom stereocenters. The summed E-state index contributed by atoms with van der Waals surface area (Å²) in [6.07, 6.45) is 9.64. The molecule has 2 unspecified atom stereocenters. The molecule has 1 aliphatic carbocycles. The molecule has 4 nitrogen and oxygen atoms in total. The Balaban J connectivity index is 1.47. The molecular formula is C15H25N3O. The van der Waals surface area contributed by atoms with E-state index >= 15 is 0 Å². The monoisotopic (exact) mass is 263 g/mol. The van der Waals surface area contributed by atoms with Crippen molar-refractivity contribution in [3.8, 4) is 0 Å². The molecule has 1 saturated carbocycles. The summed E-state index contributed by atoms with van der Waals surface area (Å²) >= 11 is 0. The van der Waals surface area contributed by atoms with E-state index < -0.39 is 0 Å². The molecule has 1 N–H and O–H groups in total. The molecule has 0 radical (unpaired) electrons. The van der Waals surface area contributed by atoms with Crippen LogP contribution in [0.15, 0.2) is 0 Å². The van der Waals surface area contributed by atoms with Gasteiger partial charge in [-0.25, -0.2) is 0 Å². The van der Waals surface area contributed by atoms with Crippen molar-refractivity contribution in [3.63, 3.8) is 0 Å². The van der Waals surface area contributed by atoms with Crippen LogP contribution in [0.3, 0.4) is 0 Å². The summed E-state index contributed by atoms with van der Waals surface area (Å²) in [4.78, 5) is 17.6. The van der Waals surface area contributed by atoms with Crippen LogP contribution < -0.4 is 5.32 Å². The van der Waals surface area contributed by atoms with Gasteiger partial charge in [-0.15, -0.1) is 0 Å². The van der Waals surface area contributed by atoms with Crippen LogP contribution in [0.4, 0.5) is 0 Å². The first-order valence-electron chi connectivity index (χ1n) is 8.09. The smallest absolute Gasteiger partial charge is 0.244 e. The summed E-state index contributed by atoms with van der Waals surface area (Å²) in [5.74, 6) is 0.418. The third kappa shape index (κ3) is 1.83. The summed E-state index contributed by atoms with van der Waals surface area (Å²) in [7, 11) is 0. The van der Waals surface area contributed by atoms with Gasteiger partial charge < -0.3 is 9.80 Å². The lowest BCUT2D eigenvalue weighted by Crippen LogP contribution is -2.50. The molecule has 1 amide bonds. The van der Waals surface area contributed by atoms with Gasteiger partial charge in [0.1, 0.15) is 0 Å². The van der Waals surface area contributed by atoms with Crippen LogP contribution in [0, 0.1) is 0 Å². The number of carbonyl (C=O) groups is 1. The second-order valence-electron chi connectivity index (χ2n) is 6.91. The topological polar surface area (TPSA) is 35.6 Å². The molecule has 4 fully saturated rings. The van der Waals surface area contributed by atoms with Crippen molar-refractivity contribution in [2.75, 3.05) is 19.8 Å². The van der Waals surface area contributed by atoms with E-state index in [1.807, 2.05) is 0 Å². The molecule has 106 valence electrons. The first-order valence-corrected chi connectivity index (χ1v) is 8.09. The standard InChI is InChI=1S/C15H25N3O/c19-14-15(6-1-2-7-15)16-11-18(14)13-5-9-17-8-3-4-12(17)10-13/h12-13,16H,1-11H2. The van der Waals surface area contributed by atoms with Crippen molar-refractivity contribution in [2.24, 2.45) is 0 Å². The quantitative estimate of drug-likeness (QED) is 0.775. The average molecular weight is 263 g/mol. The van der Waals surface area contributed by atoms with Crippen molar-refractivity contribution < 1.29 is 4.79 Å². The molecule has 0 aromatic heterocycles. The molecule has 0 bridgehead atoms. The highest BCUT2D eigenvalue weighted by Crippen LogP contribution is 2.37. The largest absolute Gasteiger partial charge is 0.325 e. The molecule has 4 heteroatoms. The second kappa shape index (κ2) is 4.45. The molecule has 19 heavy (non-hydrogen) atoms. The predicted octanol–water partition coefficient (Wildman–Crippen LogP) is 1.32. The fraction of sp³-hybridized carbons (Fsp3) is 0.933. The number of hydrogen-bond donors (Lipinski definition) is 1. The van der Waals surface area contributed by atoms with E-state index in [1.165, 1.54) is 51.6 Å². The van der Waals surface area contributed by atoms with Gasteiger partial charge in [-0.1, -0.05) is 12.8 Å². The lowest BCUT2D eigenvalue weighted by Gasteiger charge is -2.39. The molecule has 4 rings (SSSR count). The predicted molar refractivity (Wildman–Crippen MR) is 73.7 cm³/mol. The molecule has 3 heterocycles. The zero-order valence-corrected chi connectivity index (χ0v) is 11.7. The molecular weight excluding hydrogens is 238 g/mol. The van der Waals surface area contributed by atoms with E-state index in [0.29, 0.717) is 11.9 Å². The molecule has 3 aliphatic heterocycles. The minimum Gasteiger partial charge on any atom is -0.325 e. The summed E-state index contributed by atoms with van der Waals surface area (Å²) in [6, 6.07) is 1.26. The minimum atomic E-state index is -0.160. The van der Waals surface area contributed by atoms with Crippen molar-refractivity contribution >= 4 is 5.91 Å². The number of nitrogens with one attached hydrogen (secondary N) is 1. The van der Waals surface area contributed by atoms with Gasteiger partial charge in [-0.05, 0) is 45.1 Å². The summed E-state index contributed by atoms with van der Waals surface area (Å²) in [5.41, 5.74) is -0.160. The van der Waals surface area contributed by atoms with E-state index in [9.17, 15) is 4.79 Å². The number of piperidine rings is 1. The van der Waals surface area contributed by atoms with E-state index in [1.54, 1.807) is 0 Å². The van der Waals surface area contributed by atoms with Crippen LogP contribution in [0.25, 0.3) is 0 Å². The van der Waals surface area contributed by atoms with Crippen LogP contribution >= 0.6 is 0 Å². The van der Waals surface area contributed by atoms with Gasteiger partial charge in [0, 0.05) is 18.6 Å². The summed E-state index contributed by atoms with van der Waals surface area (Å²) < 4.78 is 0. The van der Waals surface area contributed by atoms with E-state index in [-0.39, 0.29) is 5.54 Å². The van der Waals surface area contributed by atoms with Crippen LogP contribution in [0.2, 0.25) is 0 Å². The fourth-order valence-corrected chi connectivity index (χ4v) is 4.81. The Kier molecular flexibility index (Phi) is 2.85. The van der Waals surface area contributed by atoms with Gasteiger partial charge in [0.15, 0.2) is 0 Å². The maximum absolute atomic E-state index is 12.8. The van der Waals surface area contributed by atoms with E-state index in [2.05, 4.69) is 15.1 Å². The lowest BCUT2D eigenvalue weighted by atomic mass is 9.93. The van der Waals surface area contributed by atoms with Gasteiger partial charge in [0.25, 0.3) is 0 Å². The Morgan fingerprint density at radius 2 is 1.89 bits per heavy atom. The van der Waals surface area contributed by atoms with Crippen molar-refractivity contribution in [3.05, 3.63) is 0 Å². The number of amides is 1. The van der Waals surface area contributed by atoms with Crippen LogP contribution in [0.5, 0.6) is 0 Å². The maximum atomic E-state index is 12.8. The third-order valence-electron chi connectivity index (χ3n) is 5.95. The molecule has 0 aromatic rings. The minimum absolute atomic E-state index is 0.160. The van der Waals surface area contributed by atoms with Gasteiger partial charge in [0.2, 0.25) is 5.91 Å². The highest BCUT2D eigenvalue weighted by molar-refractivity contribution is 5.89. The van der Waals surface area contributed by atoms with E-state index in [4.69, 9.17) is 0 Å². The number of nitrogens with zero attached hydrogens (tertiary/aromatic N) is 2. The Morgan fingerprint density at radius 1 is 1.05 bits per heavy atom. The third-order valence-corrected chi connectivity index (χ3v) is 5.95. The van der Waals surface area contributed by atoms with Crippen molar-refractivity contribution in [1.29, 1.82) is 0 Å². The van der Waals surface area contributed by atoms with Crippen LogP contribution in [0.1, 0.15) is 51.4 Å². The second-order valence-corrected chi connectivity index (χ2v) is 6.91. The zero-order valence-electron chi connectivity index (χ0n) is 11.7. The molecule has 0 aromatic carbocycles. The molecule has 4 aliphatic rings. The average Bonchev–Trinajstić information content (AvgIpc) is 3.13. The zero-order chi connectivity index (χ0) is 12.9. The van der Waals surface area contributed by atoms with Crippen LogP contribution in [-0.4, -0.2) is 53.1 Å². The normalized spacial score (nSPS) is 38.3. The Hall–Kier alpha value is -0.610. The summed E-state index contributed by atoms with van der Waals surface area (Å²) in [6.45, 7) is 3.29. The fourth-order valence-electron chi connectivity index (χ4n) is 4.81. The van der Waals surface area contributed by atoms with E-state index in [0.717, 1.165) is 25.6 Å². The Bertz CT molecular complexity index is 378. The number of rotatable bonds is 1. The van der Waals surface area contributed by atoms with Gasteiger partial charge >= 0.3 is 0 Å². The number of carbonyl (C=O) groups excluding carboxylic acids is 1. The Labute approximate surface area is 115 Å². The molecule has 3 saturated heterocycles. The first-order chi connectivity index (χ1) is 9.28. The van der Waals surface area contributed by atoms with Crippen LogP contribution in [-0.2, 0) is 4.79 Å². The maximum Gasteiger partial charge on any atom is 0.244 e. The highest BCUT2D eigenvalue weighted by atomic mass is 16.2. The van der Waals surface area contributed by atoms with Gasteiger partial charge in [-0.2, -0.15) is 0 Å². The lowest BCUT2D eigenvalue weighted by molar-refractivity contribution is -0.135. The Morgan fingerprint density at radius 3 is 2.74 bits per heavy atom. The van der Waals surface area contributed by atoms with Crippen molar-refractivity contribution in [2.45, 2.75) is 69.0 Å². The SMILES string of the molecule is O=C1N(C2CCN3CCCC3C2)CNC12CCCC2. The number of fused-ring (bicyclic) bond motifs is 1. The number of hydrogen-bond acceptors (Lipinski definition) is 3. The van der Waals surface area contributed by atoms with Crippen molar-refractivity contribution in [1.82, 2.24) is 15.1 Å². The molecule has 1 spiro atoms. The summed E-state index contributed by atoms with van der Waals surface area (Å²) in [5, 5.41) is 3.55. The van der Waals surface area contributed by atoms with Gasteiger partial charge in [-0.3, -0.25) is 10.1 Å². The van der Waals surface area contributed by atoms with Gasteiger partial charge in [0.05, 0.1) is 12.2 Å². The first kappa shape index (κ1) is 12.2.